The lowest BCUT2D eigenvalue weighted by Crippen LogP contribution is -2.27. The molecule has 0 spiro atoms. The van der Waals surface area contributed by atoms with Gasteiger partial charge in [-0.1, -0.05) is 5.92 Å². The number of halogens is 1. The van der Waals surface area contributed by atoms with E-state index >= 15 is 0 Å². The normalized spacial score (nSPS) is 12.2. The van der Waals surface area contributed by atoms with Crippen LogP contribution in [0.1, 0.15) is 13.3 Å². The molecule has 0 aromatic carbocycles. The number of nitrogens with one attached hydrogen (secondary N) is 1. The molecule has 1 rings (SSSR count). The predicted molar refractivity (Wildman–Crippen MR) is 81.3 cm³/mol. The third-order valence-corrected chi connectivity index (χ3v) is 3.40. The fourth-order valence-corrected chi connectivity index (χ4v) is 1.98. The van der Waals surface area contributed by atoms with Crippen molar-refractivity contribution in [3.8, 4) is 12.3 Å². The smallest absolute Gasteiger partial charge is 0.284 e. The standard InChI is InChI=1S/C13H19BrN4O/c1-5-7-18-13(19)12(14)11(9-15-18)16-10(2)6-8-17(3)4/h1,9-10,16H,6-8H2,2-4H3. The maximum absolute atomic E-state index is 11.9. The summed E-state index contributed by atoms with van der Waals surface area (Å²) in [6.45, 7) is 3.23. The quantitative estimate of drug-likeness (QED) is 0.803. The lowest BCUT2D eigenvalue weighted by Gasteiger charge is -2.18. The summed E-state index contributed by atoms with van der Waals surface area (Å²) < 4.78 is 1.72. The summed E-state index contributed by atoms with van der Waals surface area (Å²) in [6.07, 6.45) is 7.78. The van der Waals surface area contributed by atoms with E-state index in [0.29, 0.717) is 10.2 Å². The Morgan fingerprint density at radius 2 is 2.32 bits per heavy atom. The predicted octanol–water partition coefficient (Wildman–Crippen LogP) is 1.39. The van der Waals surface area contributed by atoms with Crippen LogP contribution in [0.15, 0.2) is 15.5 Å². The van der Waals surface area contributed by atoms with E-state index in [2.05, 4.69) is 44.1 Å². The Morgan fingerprint density at radius 1 is 1.63 bits per heavy atom. The number of terminal acetylenes is 1. The van der Waals surface area contributed by atoms with Crippen LogP contribution < -0.4 is 10.9 Å². The summed E-state index contributed by atoms with van der Waals surface area (Å²) >= 11 is 3.29. The molecule has 0 radical (unpaired) electrons. The number of nitrogens with zero attached hydrogens (tertiary/aromatic N) is 3. The van der Waals surface area contributed by atoms with Crippen molar-refractivity contribution in [2.45, 2.75) is 25.9 Å². The molecule has 0 aliphatic heterocycles. The number of hydrogen-bond acceptors (Lipinski definition) is 4. The van der Waals surface area contributed by atoms with Gasteiger partial charge in [0.05, 0.1) is 11.9 Å². The van der Waals surface area contributed by atoms with Crippen LogP contribution in [0.4, 0.5) is 5.69 Å². The van der Waals surface area contributed by atoms with Crippen LogP contribution in [0, 0.1) is 12.3 Å². The van der Waals surface area contributed by atoms with Crippen molar-refractivity contribution in [1.29, 1.82) is 0 Å². The fourth-order valence-electron chi connectivity index (χ4n) is 1.55. The number of anilines is 1. The molecule has 1 aromatic heterocycles. The Morgan fingerprint density at radius 3 is 2.89 bits per heavy atom. The molecule has 0 aliphatic rings. The van der Waals surface area contributed by atoms with Gasteiger partial charge in [-0.25, -0.2) is 4.68 Å². The van der Waals surface area contributed by atoms with Crippen molar-refractivity contribution < 1.29 is 0 Å². The third-order valence-electron chi connectivity index (χ3n) is 2.64. The molecule has 19 heavy (non-hydrogen) atoms. The molecular weight excluding hydrogens is 308 g/mol. The van der Waals surface area contributed by atoms with Gasteiger partial charge in [0, 0.05) is 6.04 Å². The third kappa shape index (κ3) is 4.69. The first-order chi connectivity index (χ1) is 8.95. The summed E-state index contributed by atoms with van der Waals surface area (Å²) in [5.41, 5.74) is 0.479. The highest BCUT2D eigenvalue weighted by molar-refractivity contribution is 9.10. The zero-order valence-electron chi connectivity index (χ0n) is 11.5. The van der Waals surface area contributed by atoms with Crippen LogP contribution in [-0.4, -0.2) is 41.4 Å². The topological polar surface area (TPSA) is 50.2 Å². The van der Waals surface area contributed by atoms with Crippen molar-refractivity contribution in [3.63, 3.8) is 0 Å². The summed E-state index contributed by atoms with van der Waals surface area (Å²) in [5.74, 6) is 2.40. The van der Waals surface area contributed by atoms with Gasteiger partial charge in [-0.3, -0.25) is 4.79 Å². The molecule has 5 nitrogen and oxygen atoms in total. The van der Waals surface area contributed by atoms with Crippen molar-refractivity contribution in [2.24, 2.45) is 0 Å². The second-order valence-corrected chi connectivity index (χ2v) is 5.47. The van der Waals surface area contributed by atoms with Crippen LogP contribution in [0.3, 0.4) is 0 Å². The maximum atomic E-state index is 11.9. The van der Waals surface area contributed by atoms with Crippen molar-refractivity contribution in [3.05, 3.63) is 21.0 Å². The SMILES string of the molecule is C#CCn1ncc(NC(C)CCN(C)C)c(Br)c1=O. The largest absolute Gasteiger partial charge is 0.380 e. The summed E-state index contributed by atoms with van der Waals surface area (Å²) in [4.78, 5) is 14.1. The molecule has 1 heterocycles. The van der Waals surface area contributed by atoms with E-state index in [1.807, 2.05) is 14.1 Å². The minimum absolute atomic E-state index is 0.175. The zero-order valence-corrected chi connectivity index (χ0v) is 13.1. The Kier molecular flexibility index (Phi) is 6.06. The van der Waals surface area contributed by atoms with Gasteiger partial charge in [0.2, 0.25) is 0 Å². The van der Waals surface area contributed by atoms with Gasteiger partial charge >= 0.3 is 0 Å². The Hall–Kier alpha value is -1.32. The fraction of sp³-hybridized carbons (Fsp3) is 0.538. The van der Waals surface area contributed by atoms with E-state index in [4.69, 9.17) is 6.42 Å². The summed E-state index contributed by atoms with van der Waals surface area (Å²) in [5, 5.41) is 7.31. The molecular formula is C13H19BrN4O. The van der Waals surface area contributed by atoms with E-state index in [1.165, 1.54) is 4.68 Å². The maximum Gasteiger partial charge on any atom is 0.284 e. The molecule has 0 aliphatic carbocycles. The van der Waals surface area contributed by atoms with Gasteiger partial charge in [0.1, 0.15) is 11.0 Å². The summed E-state index contributed by atoms with van der Waals surface area (Å²) in [6, 6.07) is 0.253. The molecule has 0 fully saturated rings. The van der Waals surface area contributed by atoms with Crippen LogP contribution in [0.25, 0.3) is 0 Å². The van der Waals surface area contributed by atoms with Crippen LogP contribution >= 0.6 is 15.9 Å². The number of rotatable bonds is 6. The second kappa shape index (κ2) is 7.31. The lowest BCUT2D eigenvalue weighted by atomic mass is 10.2. The van der Waals surface area contributed by atoms with Crippen molar-refractivity contribution in [1.82, 2.24) is 14.7 Å². The van der Waals surface area contributed by atoms with E-state index in [-0.39, 0.29) is 18.1 Å². The minimum Gasteiger partial charge on any atom is -0.380 e. The van der Waals surface area contributed by atoms with Crippen LogP contribution in [0.2, 0.25) is 0 Å². The molecule has 0 saturated carbocycles. The van der Waals surface area contributed by atoms with E-state index in [0.717, 1.165) is 13.0 Å². The molecule has 1 aromatic rings. The zero-order chi connectivity index (χ0) is 14.4. The Labute approximate surface area is 122 Å². The molecule has 6 heteroatoms. The highest BCUT2D eigenvalue weighted by Crippen LogP contribution is 2.17. The second-order valence-electron chi connectivity index (χ2n) is 4.68. The van der Waals surface area contributed by atoms with Crippen molar-refractivity contribution >= 4 is 21.6 Å². The van der Waals surface area contributed by atoms with Gasteiger partial charge in [-0.05, 0) is 49.9 Å². The van der Waals surface area contributed by atoms with E-state index in [9.17, 15) is 4.79 Å². The van der Waals surface area contributed by atoms with Crippen molar-refractivity contribution in [2.75, 3.05) is 26.0 Å². The monoisotopic (exact) mass is 326 g/mol. The van der Waals surface area contributed by atoms with Gasteiger partial charge in [0.25, 0.3) is 5.56 Å². The molecule has 104 valence electrons. The Bertz CT molecular complexity index is 518. The lowest BCUT2D eigenvalue weighted by molar-refractivity contribution is 0.390. The number of aromatic nitrogens is 2. The first-order valence-electron chi connectivity index (χ1n) is 6.06. The molecule has 0 amide bonds. The van der Waals surface area contributed by atoms with Gasteiger partial charge in [0.15, 0.2) is 0 Å². The molecule has 1 N–H and O–H groups in total. The van der Waals surface area contributed by atoms with E-state index in [1.54, 1.807) is 6.20 Å². The average molecular weight is 327 g/mol. The molecule has 1 unspecified atom stereocenters. The summed E-state index contributed by atoms with van der Waals surface area (Å²) in [7, 11) is 4.07. The Balaban J connectivity index is 2.78. The first kappa shape index (κ1) is 15.7. The van der Waals surface area contributed by atoms with Gasteiger partial charge < -0.3 is 10.2 Å². The average Bonchev–Trinajstić information content (AvgIpc) is 2.36. The highest BCUT2D eigenvalue weighted by atomic mass is 79.9. The first-order valence-corrected chi connectivity index (χ1v) is 6.85. The van der Waals surface area contributed by atoms with Gasteiger partial charge in [-0.2, -0.15) is 5.10 Å². The van der Waals surface area contributed by atoms with Gasteiger partial charge in [-0.15, -0.1) is 6.42 Å². The molecule has 0 bridgehead atoms. The molecule has 1 atom stereocenters. The molecule has 0 saturated heterocycles. The minimum atomic E-state index is -0.220. The van der Waals surface area contributed by atoms with Crippen LogP contribution in [-0.2, 0) is 6.54 Å². The van der Waals surface area contributed by atoms with E-state index < -0.39 is 0 Å². The number of hydrogen-bond donors (Lipinski definition) is 1. The highest BCUT2D eigenvalue weighted by Gasteiger charge is 2.10. The van der Waals surface area contributed by atoms with Crippen LogP contribution in [0.5, 0.6) is 0 Å².